The van der Waals surface area contributed by atoms with Gasteiger partial charge in [-0.3, -0.25) is 0 Å². The van der Waals surface area contributed by atoms with Crippen molar-refractivity contribution in [1.29, 1.82) is 0 Å². The van der Waals surface area contributed by atoms with E-state index in [2.05, 4.69) is 6.92 Å². The lowest BCUT2D eigenvalue weighted by Gasteiger charge is -2.20. The van der Waals surface area contributed by atoms with Gasteiger partial charge in [-0.1, -0.05) is 6.92 Å². The molecule has 84 valence electrons. The van der Waals surface area contributed by atoms with Crippen molar-refractivity contribution in [3.05, 3.63) is 0 Å². The Kier molecular flexibility index (Phi) is 3.55. The third kappa shape index (κ3) is 2.46. The Morgan fingerprint density at radius 1 is 1.57 bits per heavy atom. The molecule has 1 aliphatic rings. The molecule has 1 aliphatic carbocycles. The molecule has 0 aromatic rings. The molecule has 0 spiro atoms. The first-order chi connectivity index (χ1) is 6.39. The lowest BCUT2D eigenvalue weighted by Crippen LogP contribution is -2.37. The summed E-state index contributed by atoms with van der Waals surface area (Å²) >= 11 is 0. The molecule has 14 heavy (non-hydrogen) atoms. The summed E-state index contributed by atoms with van der Waals surface area (Å²) in [6.07, 6.45) is 1.12. The zero-order chi connectivity index (χ0) is 10.9. The zero-order valence-electron chi connectivity index (χ0n) is 8.97. The van der Waals surface area contributed by atoms with Crippen molar-refractivity contribution in [2.45, 2.75) is 25.5 Å². The van der Waals surface area contributed by atoms with E-state index in [1.165, 1.54) is 11.2 Å². The van der Waals surface area contributed by atoms with E-state index in [0.29, 0.717) is 18.4 Å². The van der Waals surface area contributed by atoms with Crippen molar-refractivity contribution in [1.82, 2.24) is 4.31 Å². The second kappa shape index (κ2) is 4.16. The maximum atomic E-state index is 11.7. The lowest BCUT2D eigenvalue weighted by molar-refractivity contribution is 0.290. The molecule has 0 amide bonds. The summed E-state index contributed by atoms with van der Waals surface area (Å²) in [5.41, 5.74) is 0. The second-order valence-corrected chi connectivity index (χ2v) is 6.75. The first-order valence-electron chi connectivity index (χ1n) is 4.95. The van der Waals surface area contributed by atoms with Crippen LogP contribution in [0.25, 0.3) is 0 Å². The predicted octanol–water partition coefficient (Wildman–Crippen LogP) is 0.285. The Bertz CT molecular complexity index is 288. The van der Waals surface area contributed by atoms with Crippen molar-refractivity contribution in [3.63, 3.8) is 0 Å². The standard InChI is InChI=1S/C9H19NO3S/c1-7-4-9(7)5-10(3)14(12,13)8(2)6-11/h7-9,11H,4-6H2,1-3H3. The molecule has 0 bridgehead atoms. The second-order valence-electron chi connectivity index (χ2n) is 4.29. The molecule has 3 unspecified atom stereocenters. The van der Waals surface area contributed by atoms with Gasteiger partial charge in [-0.25, -0.2) is 12.7 Å². The summed E-state index contributed by atoms with van der Waals surface area (Å²) in [6.45, 7) is 3.93. The highest BCUT2D eigenvalue weighted by Gasteiger charge is 2.36. The maximum Gasteiger partial charge on any atom is 0.218 e. The highest BCUT2D eigenvalue weighted by molar-refractivity contribution is 7.89. The smallest absolute Gasteiger partial charge is 0.218 e. The zero-order valence-corrected chi connectivity index (χ0v) is 9.79. The fourth-order valence-electron chi connectivity index (χ4n) is 1.49. The van der Waals surface area contributed by atoms with Gasteiger partial charge in [-0.2, -0.15) is 0 Å². The highest BCUT2D eigenvalue weighted by atomic mass is 32.2. The fraction of sp³-hybridized carbons (Fsp3) is 1.00. The van der Waals surface area contributed by atoms with Gasteiger partial charge in [0.15, 0.2) is 0 Å². The van der Waals surface area contributed by atoms with Gasteiger partial charge >= 0.3 is 0 Å². The molecule has 0 heterocycles. The summed E-state index contributed by atoms with van der Waals surface area (Å²) in [7, 11) is -1.69. The van der Waals surface area contributed by atoms with Gasteiger partial charge in [0.25, 0.3) is 0 Å². The van der Waals surface area contributed by atoms with E-state index >= 15 is 0 Å². The monoisotopic (exact) mass is 221 g/mol. The van der Waals surface area contributed by atoms with Gasteiger partial charge in [0.2, 0.25) is 10.0 Å². The van der Waals surface area contributed by atoms with E-state index in [-0.39, 0.29) is 6.61 Å². The largest absolute Gasteiger partial charge is 0.395 e. The van der Waals surface area contributed by atoms with Crippen molar-refractivity contribution < 1.29 is 13.5 Å². The number of hydrogen-bond donors (Lipinski definition) is 1. The summed E-state index contributed by atoms with van der Waals surface area (Å²) in [5.74, 6) is 1.16. The summed E-state index contributed by atoms with van der Waals surface area (Å²) in [4.78, 5) is 0. The van der Waals surface area contributed by atoms with Crippen LogP contribution >= 0.6 is 0 Å². The first-order valence-corrected chi connectivity index (χ1v) is 6.46. The van der Waals surface area contributed by atoms with E-state index in [0.717, 1.165) is 6.42 Å². The molecule has 0 radical (unpaired) electrons. The predicted molar refractivity (Wildman–Crippen MR) is 55.4 cm³/mol. The van der Waals surface area contributed by atoms with Gasteiger partial charge < -0.3 is 5.11 Å². The van der Waals surface area contributed by atoms with E-state index in [1.807, 2.05) is 0 Å². The topological polar surface area (TPSA) is 57.6 Å². The molecular weight excluding hydrogens is 202 g/mol. The van der Waals surface area contributed by atoms with Crippen LogP contribution in [0.5, 0.6) is 0 Å². The van der Waals surface area contributed by atoms with Crippen LogP contribution in [0.1, 0.15) is 20.3 Å². The van der Waals surface area contributed by atoms with Gasteiger partial charge in [0.05, 0.1) is 11.9 Å². The third-order valence-corrected chi connectivity index (χ3v) is 5.15. The van der Waals surface area contributed by atoms with Crippen LogP contribution < -0.4 is 0 Å². The average Bonchev–Trinajstić information content (AvgIpc) is 2.80. The molecule has 0 aliphatic heterocycles. The van der Waals surface area contributed by atoms with Gasteiger partial charge in [-0.05, 0) is 25.2 Å². The van der Waals surface area contributed by atoms with Crippen LogP contribution in [0, 0.1) is 11.8 Å². The molecule has 0 saturated heterocycles. The van der Waals surface area contributed by atoms with Crippen molar-refractivity contribution in [3.8, 4) is 0 Å². The molecule has 1 saturated carbocycles. The molecule has 1 N–H and O–H groups in total. The van der Waals surface area contributed by atoms with Crippen LogP contribution in [0.2, 0.25) is 0 Å². The molecule has 5 heteroatoms. The van der Waals surface area contributed by atoms with E-state index in [4.69, 9.17) is 5.11 Å². The molecular formula is C9H19NO3S. The third-order valence-electron chi connectivity index (χ3n) is 2.97. The number of nitrogens with zero attached hydrogens (tertiary/aromatic N) is 1. The Labute approximate surface area is 86.0 Å². The van der Waals surface area contributed by atoms with E-state index in [9.17, 15) is 8.42 Å². The Hall–Kier alpha value is -0.130. The minimum atomic E-state index is -3.28. The minimum absolute atomic E-state index is 0.313. The van der Waals surface area contributed by atoms with Crippen LogP contribution in [0.15, 0.2) is 0 Å². The van der Waals surface area contributed by atoms with E-state index < -0.39 is 15.3 Å². The molecule has 4 nitrogen and oxygen atoms in total. The molecule has 0 aromatic heterocycles. The number of rotatable bonds is 5. The summed E-state index contributed by atoms with van der Waals surface area (Å²) in [6, 6.07) is 0. The average molecular weight is 221 g/mol. The highest BCUT2D eigenvalue weighted by Crippen LogP contribution is 2.38. The normalized spacial score (nSPS) is 29.2. The van der Waals surface area contributed by atoms with Gasteiger partial charge in [0, 0.05) is 13.6 Å². The number of aliphatic hydroxyl groups excluding tert-OH is 1. The summed E-state index contributed by atoms with van der Waals surface area (Å²) < 4.78 is 24.8. The fourth-order valence-corrected chi connectivity index (χ4v) is 2.69. The molecule has 1 fully saturated rings. The minimum Gasteiger partial charge on any atom is -0.395 e. The van der Waals surface area contributed by atoms with Crippen molar-refractivity contribution in [2.75, 3.05) is 20.2 Å². The molecule has 0 aromatic carbocycles. The van der Waals surface area contributed by atoms with Crippen LogP contribution in [0.4, 0.5) is 0 Å². The Morgan fingerprint density at radius 3 is 2.43 bits per heavy atom. The first kappa shape index (κ1) is 11.9. The van der Waals surface area contributed by atoms with Crippen LogP contribution in [0.3, 0.4) is 0 Å². The lowest BCUT2D eigenvalue weighted by atomic mass is 10.3. The number of hydrogen-bond acceptors (Lipinski definition) is 3. The Balaban J connectivity index is 2.54. The molecule has 3 atom stereocenters. The van der Waals surface area contributed by atoms with Gasteiger partial charge in [-0.15, -0.1) is 0 Å². The van der Waals surface area contributed by atoms with Gasteiger partial charge in [0.1, 0.15) is 0 Å². The van der Waals surface area contributed by atoms with Crippen molar-refractivity contribution in [2.24, 2.45) is 11.8 Å². The molecule has 1 rings (SSSR count). The van der Waals surface area contributed by atoms with Crippen LogP contribution in [-0.2, 0) is 10.0 Å². The van der Waals surface area contributed by atoms with Crippen LogP contribution in [-0.4, -0.2) is 43.3 Å². The summed E-state index contributed by atoms with van der Waals surface area (Å²) in [5, 5.41) is 8.12. The van der Waals surface area contributed by atoms with Crippen molar-refractivity contribution >= 4 is 10.0 Å². The maximum absolute atomic E-state index is 11.7. The SMILES string of the molecule is CC1CC1CN(C)S(=O)(=O)C(C)CO. The Morgan fingerprint density at radius 2 is 2.07 bits per heavy atom. The number of aliphatic hydroxyl groups is 1. The number of sulfonamides is 1. The quantitative estimate of drug-likeness (QED) is 0.725. The van der Waals surface area contributed by atoms with E-state index in [1.54, 1.807) is 7.05 Å².